The summed E-state index contributed by atoms with van der Waals surface area (Å²) in [6, 6.07) is 57.5. The van der Waals surface area contributed by atoms with Crippen LogP contribution in [0.15, 0.2) is 164 Å². The molecule has 0 atom stereocenters. The van der Waals surface area contributed by atoms with Crippen LogP contribution in [0.1, 0.15) is 0 Å². The summed E-state index contributed by atoms with van der Waals surface area (Å²) < 4.78 is 0. The summed E-state index contributed by atoms with van der Waals surface area (Å²) in [4.78, 5) is 15.1. The van der Waals surface area contributed by atoms with Gasteiger partial charge < -0.3 is 0 Å². The fourth-order valence-electron chi connectivity index (χ4n) is 6.76. The second-order valence-corrected chi connectivity index (χ2v) is 11.6. The molecule has 0 aliphatic carbocycles. The number of aromatic nitrogens is 3. The summed E-state index contributed by atoms with van der Waals surface area (Å²) in [5.41, 5.74) is 5.12. The number of rotatable bonds is 4. The van der Waals surface area contributed by atoms with E-state index in [1.54, 1.807) is 0 Å². The zero-order chi connectivity index (χ0) is 30.5. The topological polar surface area (TPSA) is 38.7 Å². The fraction of sp³-hybridized carbons (Fsp3) is 0. The van der Waals surface area contributed by atoms with E-state index in [9.17, 15) is 0 Å². The van der Waals surface area contributed by atoms with Gasteiger partial charge in [0.05, 0.1) is 0 Å². The fourth-order valence-corrected chi connectivity index (χ4v) is 6.76. The molecule has 0 radical (unpaired) electrons. The van der Waals surface area contributed by atoms with Gasteiger partial charge in [0.15, 0.2) is 17.5 Å². The minimum atomic E-state index is 0.649. The van der Waals surface area contributed by atoms with Crippen LogP contribution in [0.3, 0.4) is 0 Å². The zero-order valence-corrected chi connectivity index (χ0v) is 24.9. The lowest BCUT2D eigenvalue weighted by molar-refractivity contribution is 1.07. The van der Waals surface area contributed by atoms with Crippen molar-refractivity contribution < 1.29 is 0 Å². The van der Waals surface area contributed by atoms with Gasteiger partial charge in [-0.05, 0) is 54.2 Å². The Labute approximate surface area is 266 Å². The molecule has 0 N–H and O–H groups in total. The molecule has 0 amide bonds. The van der Waals surface area contributed by atoms with Crippen molar-refractivity contribution in [1.82, 2.24) is 15.0 Å². The minimum absolute atomic E-state index is 0.649. The van der Waals surface area contributed by atoms with Gasteiger partial charge in [0, 0.05) is 16.7 Å². The molecule has 9 aromatic rings. The number of nitrogens with zero attached hydrogens (tertiary/aromatic N) is 3. The predicted molar refractivity (Wildman–Crippen MR) is 192 cm³/mol. The summed E-state index contributed by atoms with van der Waals surface area (Å²) in [6.07, 6.45) is 0. The lowest BCUT2D eigenvalue weighted by atomic mass is 9.88. The van der Waals surface area contributed by atoms with Crippen molar-refractivity contribution >= 4 is 43.1 Å². The largest absolute Gasteiger partial charge is 0.208 e. The van der Waals surface area contributed by atoms with E-state index in [1.165, 1.54) is 43.1 Å². The van der Waals surface area contributed by atoms with Gasteiger partial charge in [-0.1, -0.05) is 164 Å². The molecule has 3 heteroatoms. The van der Waals surface area contributed by atoms with Gasteiger partial charge in [0.2, 0.25) is 0 Å². The summed E-state index contributed by atoms with van der Waals surface area (Å²) in [6.45, 7) is 0. The Morgan fingerprint density at radius 3 is 1.50 bits per heavy atom. The third-order valence-corrected chi connectivity index (χ3v) is 8.90. The van der Waals surface area contributed by atoms with Crippen molar-refractivity contribution in [3.8, 4) is 45.3 Å². The molecule has 3 nitrogen and oxygen atoms in total. The van der Waals surface area contributed by atoms with Gasteiger partial charge in [-0.15, -0.1) is 0 Å². The Hall–Kier alpha value is -6.19. The normalized spacial score (nSPS) is 11.5. The number of hydrogen-bond acceptors (Lipinski definition) is 3. The third kappa shape index (κ3) is 4.33. The maximum atomic E-state index is 5.09. The highest BCUT2D eigenvalue weighted by molar-refractivity contribution is 6.27. The Kier molecular flexibility index (Phi) is 6.14. The Morgan fingerprint density at radius 1 is 0.261 bits per heavy atom. The molecule has 0 spiro atoms. The first-order chi connectivity index (χ1) is 22.8. The van der Waals surface area contributed by atoms with Crippen molar-refractivity contribution in [2.24, 2.45) is 0 Å². The van der Waals surface area contributed by atoms with Crippen LogP contribution in [0, 0.1) is 0 Å². The van der Waals surface area contributed by atoms with E-state index in [2.05, 4.69) is 103 Å². The van der Waals surface area contributed by atoms with Gasteiger partial charge in [-0.2, -0.15) is 0 Å². The molecule has 0 fully saturated rings. The first-order valence-electron chi connectivity index (χ1n) is 15.5. The van der Waals surface area contributed by atoms with E-state index in [-0.39, 0.29) is 0 Å². The Bertz CT molecular complexity index is 2520. The summed E-state index contributed by atoms with van der Waals surface area (Å²) in [5.74, 6) is 1.96. The van der Waals surface area contributed by atoms with Gasteiger partial charge >= 0.3 is 0 Å². The number of benzene rings is 8. The zero-order valence-electron chi connectivity index (χ0n) is 24.9. The standard InChI is InChI=1S/C43H27N3/c1-3-13-31(14-4-1)41-44-42(32-15-5-2-6-16-32)46-43(45-41)38-20-10-9-19-34(38)36-21-11-17-29-22-23-30-25-26-35-33-18-8-7-12-28(33)24-27-37(35)40(30)39(29)36/h1-27H. The van der Waals surface area contributed by atoms with Crippen LogP contribution in [0.4, 0.5) is 0 Å². The van der Waals surface area contributed by atoms with E-state index in [1.807, 2.05) is 60.7 Å². The predicted octanol–water partition coefficient (Wildman–Crippen LogP) is 11.2. The van der Waals surface area contributed by atoms with Crippen LogP contribution in [0.5, 0.6) is 0 Å². The second kappa shape index (κ2) is 10.8. The molecule has 214 valence electrons. The molecule has 0 saturated heterocycles. The molecule has 0 bridgehead atoms. The van der Waals surface area contributed by atoms with E-state index >= 15 is 0 Å². The molecule has 0 saturated carbocycles. The third-order valence-electron chi connectivity index (χ3n) is 8.90. The Morgan fingerprint density at radius 2 is 0.761 bits per heavy atom. The molecule has 46 heavy (non-hydrogen) atoms. The molecule has 8 aromatic carbocycles. The molecule has 0 aliphatic rings. The molecular weight excluding hydrogens is 558 g/mol. The first kappa shape index (κ1) is 26.2. The molecule has 1 heterocycles. The van der Waals surface area contributed by atoms with Crippen molar-refractivity contribution in [3.63, 3.8) is 0 Å². The highest BCUT2D eigenvalue weighted by atomic mass is 15.0. The van der Waals surface area contributed by atoms with Gasteiger partial charge in [-0.3, -0.25) is 0 Å². The lowest BCUT2D eigenvalue weighted by Gasteiger charge is -2.16. The lowest BCUT2D eigenvalue weighted by Crippen LogP contribution is -2.01. The second-order valence-electron chi connectivity index (χ2n) is 11.6. The van der Waals surface area contributed by atoms with Crippen LogP contribution in [-0.2, 0) is 0 Å². The smallest absolute Gasteiger partial charge is 0.164 e. The summed E-state index contributed by atoms with van der Waals surface area (Å²) in [5, 5.41) is 9.94. The van der Waals surface area contributed by atoms with E-state index in [0.29, 0.717) is 17.5 Å². The van der Waals surface area contributed by atoms with Gasteiger partial charge in [0.25, 0.3) is 0 Å². The average molecular weight is 586 g/mol. The van der Waals surface area contributed by atoms with Crippen LogP contribution >= 0.6 is 0 Å². The van der Waals surface area contributed by atoms with Crippen molar-refractivity contribution in [2.45, 2.75) is 0 Å². The highest BCUT2D eigenvalue weighted by Gasteiger charge is 2.18. The average Bonchev–Trinajstić information content (AvgIpc) is 3.14. The number of hydrogen-bond donors (Lipinski definition) is 0. The van der Waals surface area contributed by atoms with Crippen molar-refractivity contribution in [2.75, 3.05) is 0 Å². The summed E-state index contributed by atoms with van der Waals surface area (Å²) >= 11 is 0. The molecule has 9 rings (SSSR count). The first-order valence-corrected chi connectivity index (χ1v) is 15.5. The van der Waals surface area contributed by atoms with Crippen molar-refractivity contribution in [3.05, 3.63) is 164 Å². The van der Waals surface area contributed by atoms with Crippen LogP contribution in [0.2, 0.25) is 0 Å². The maximum absolute atomic E-state index is 5.09. The molecule has 0 aliphatic heterocycles. The van der Waals surface area contributed by atoms with Crippen LogP contribution < -0.4 is 0 Å². The monoisotopic (exact) mass is 585 g/mol. The van der Waals surface area contributed by atoms with Crippen molar-refractivity contribution in [1.29, 1.82) is 0 Å². The maximum Gasteiger partial charge on any atom is 0.164 e. The van der Waals surface area contributed by atoms with E-state index in [4.69, 9.17) is 15.0 Å². The SMILES string of the molecule is c1ccc(-c2nc(-c3ccccc3)nc(-c3ccccc3-c3cccc4ccc5ccc6c7ccccc7ccc6c5c34)n2)cc1. The van der Waals surface area contributed by atoms with E-state index in [0.717, 1.165) is 27.8 Å². The molecular formula is C43H27N3. The summed E-state index contributed by atoms with van der Waals surface area (Å²) in [7, 11) is 0. The van der Waals surface area contributed by atoms with Crippen LogP contribution in [-0.4, -0.2) is 15.0 Å². The van der Waals surface area contributed by atoms with Gasteiger partial charge in [0.1, 0.15) is 0 Å². The Balaban J connectivity index is 1.34. The minimum Gasteiger partial charge on any atom is -0.208 e. The number of fused-ring (bicyclic) bond motifs is 7. The van der Waals surface area contributed by atoms with Gasteiger partial charge in [-0.25, -0.2) is 15.0 Å². The molecule has 0 unspecified atom stereocenters. The quantitative estimate of drug-likeness (QED) is 0.193. The molecule has 1 aromatic heterocycles. The van der Waals surface area contributed by atoms with E-state index < -0.39 is 0 Å². The van der Waals surface area contributed by atoms with Crippen LogP contribution in [0.25, 0.3) is 88.4 Å². The highest BCUT2D eigenvalue weighted by Crippen LogP contribution is 2.42.